The van der Waals surface area contributed by atoms with E-state index in [0.717, 1.165) is 31.4 Å². The Kier molecular flexibility index (Phi) is 7.59. The van der Waals surface area contributed by atoms with Crippen molar-refractivity contribution < 1.29 is 23.8 Å². The number of hydrogen-bond donors (Lipinski definition) is 3. The molecule has 3 rings (SSSR count). The van der Waals surface area contributed by atoms with E-state index >= 15 is 0 Å². The maximum absolute atomic E-state index is 12.4. The van der Waals surface area contributed by atoms with Gasteiger partial charge >= 0.3 is 6.03 Å². The number of benzene rings is 2. The lowest BCUT2D eigenvalue weighted by Gasteiger charge is -2.18. The van der Waals surface area contributed by atoms with Gasteiger partial charge in [0.1, 0.15) is 17.5 Å². The van der Waals surface area contributed by atoms with Crippen LogP contribution >= 0.6 is 0 Å². The SMILES string of the molecule is COc1ccc(Oc2cc(NC(C)C(=O)NC(=O)NC3CCCC3)ccc2OC)cc1. The second-order valence-electron chi connectivity index (χ2n) is 7.45. The molecule has 166 valence electrons. The number of urea groups is 1. The zero-order chi connectivity index (χ0) is 22.2. The van der Waals surface area contributed by atoms with Gasteiger partial charge in [0.2, 0.25) is 5.91 Å². The Hall–Kier alpha value is -3.42. The van der Waals surface area contributed by atoms with Crippen LogP contribution in [-0.4, -0.2) is 38.2 Å². The standard InChI is InChI=1S/C23H29N3O5/c1-15(22(27)26-23(28)25-16-6-4-5-7-16)24-17-8-13-20(30-3)21(14-17)31-19-11-9-18(29-2)10-12-19/h8-16,24H,4-7H2,1-3H3,(H2,25,26,27,28). The summed E-state index contributed by atoms with van der Waals surface area (Å²) in [5.74, 6) is 1.97. The van der Waals surface area contributed by atoms with Crippen molar-refractivity contribution in [2.24, 2.45) is 0 Å². The third-order valence-electron chi connectivity index (χ3n) is 5.15. The van der Waals surface area contributed by atoms with Gasteiger partial charge in [0.25, 0.3) is 0 Å². The summed E-state index contributed by atoms with van der Waals surface area (Å²) in [6, 6.07) is 11.5. The minimum absolute atomic E-state index is 0.148. The molecule has 1 atom stereocenters. The van der Waals surface area contributed by atoms with Crippen LogP contribution in [0.1, 0.15) is 32.6 Å². The third kappa shape index (κ3) is 6.28. The van der Waals surface area contributed by atoms with E-state index in [1.807, 2.05) is 0 Å². The monoisotopic (exact) mass is 427 g/mol. The number of methoxy groups -OCH3 is 2. The zero-order valence-electron chi connectivity index (χ0n) is 18.1. The first-order chi connectivity index (χ1) is 15.0. The van der Waals surface area contributed by atoms with Gasteiger partial charge < -0.3 is 24.8 Å². The molecule has 0 saturated heterocycles. The first-order valence-electron chi connectivity index (χ1n) is 10.4. The predicted molar refractivity (Wildman–Crippen MR) is 118 cm³/mol. The van der Waals surface area contributed by atoms with Crippen molar-refractivity contribution in [1.82, 2.24) is 10.6 Å². The lowest BCUT2D eigenvalue weighted by Crippen LogP contribution is -2.48. The number of ether oxygens (including phenoxy) is 3. The largest absolute Gasteiger partial charge is 0.497 e. The van der Waals surface area contributed by atoms with Crippen LogP contribution in [0.5, 0.6) is 23.0 Å². The molecule has 1 saturated carbocycles. The summed E-state index contributed by atoms with van der Waals surface area (Å²) < 4.78 is 16.5. The fraction of sp³-hybridized carbons (Fsp3) is 0.391. The molecule has 2 aromatic rings. The van der Waals surface area contributed by atoms with Crippen LogP contribution in [0.4, 0.5) is 10.5 Å². The quantitative estimate of drug-likeness (QED) is 0.588. The van der Waals surface area contributed by atoms with Crippen LogP contribution in [0, 0.1) is 0 Å². The minimum atomic E-state index is -0.628. The van der Waals surface area contributed by atoms with Crippen LogP contribution in [0.3, 0.4) is 0 Å². The fourth-order valence-electron chi connectivity index (χ4n) is 3.44. The van der Waals surface area contributed by atoms with E-state index in [2.05, 4.69) is 16.0 Å². The summed E-state index contributed by atoms with van der Waals surface area (Å²) in [7, 11) is 3.16. The first kappa shape index (κ1) is 22.3. The van der Waals surface area contributed by atoms with Gasteiger partial charge in [-0.2, -0.15) is 0 Å². The number of imide groups is 1. The van der Waals surface area contributed by atoms with Gasteiger partial charge in [-0.05, 0) is 56.2 Å². The van der Waals surface area contributed by atoms with Gasteiger partial charge in [-0.15, -0.1) is 0 Å². The van der Waals surface area contributed by atoms with Gasteiger partial charge in [0, 0.05) is 17.8 Å². The van der Waals surface area contributed by atoms with Crippen molar-refractivity contribution in [1.29, 1.82) is 0 Å². The van der Waals surface area contributed by atoms with Gasteiger partial charge in [-0.1, -0.05) is 12.8 Å². The Bertz CT molecular complexity index is 895. The van der Waals surface area contributed by atoms with Crippen LogP contribution in [0.25, 0.3) is 0 Å². The molecule has 8 heteroatoms. The van der Waals surface area contributed by atoms with Crippen molar-refractivity contribution in [2.75, 3.05) is 19.5 Å². The summed E-state index contributed by atoms with van der Waals surface area (Å²) >= 11 is 0. The highest BCUT2D eigenvalue weighted by molar-refractivity contribution is 5.98. The highest BCUT2D eigenvalue weighted by Gasteiger charge is 2.20. The molecule has 0 radical (unpaired) electrons. The zero-order valence-corrected chi connectivity index (χ0v) is 18.1. The summed E-state index contributed by atoms with van der Waals surface area (Å²) in [5, 5.41) is 8.33. The summed E-state index contributed by atoms with van der Waals surface area (Å²) in [5.41, 5.74) is 0.656. The van der Waals surface area contributed by atoms with Crippen LogP contribution in [-0.2, 0) is 4.79 Å². The molecular formula is C23H29N3O5. The van der Waals surface area contributed by atoms with E-state index in [-0.39, 0.29) is 6.04 Å². The molecule has 3 amide bonds. The van der Waals surface area contributed by atoms with E-state index in [0.29, 0.717) is 22.9 Å². The number of rotatable bonds is 8. The maximum Gasteiger partial charge on any atom is 0.321 e. The second-order valence-corrected chi connectivity index (χ2v) is 7.45. The molecule has 1 fully saturated rings. The average molecular weight is 428 g/mol. The molecule has 0 bridgehead atoms. The van der Waals surface area contributed by atoms with Crippen molar-refractivity contribution in [3.63, 3.8) is 0 Å². The molecule has 1 aliphatic carbocycles. The molecular weight excluding hydrogens is 398 g/mol. The normalized spacial score (nSPS) is 14.4. The molecule has 0 aliphatic heterocycles. The Morgan fingerprint density at radius 2 is 1.61 bits per heavy atom. The molecule has 1 unspecified atom stereocenters. The topological polar surface area (TPSA) is 97.9 Å². The van der Waals surface area contributed by atoms with Gasteiger partial charge in [-0.25, -0.2) is 4.79 Å². The fourth-order valence-corrected chi connectivity index (χ4v) is 3.44. The van der Waals surface area contributed by atoms with Crippen molar-refractivity contribution >= 4 is 17.6 Å². The molecule has 8 nitrogen and oxygen atoms in total. The summed E-state index contributed by atoms with van der Waals surface area (Å²) in [6.07, 6.45) is 4.13. The molecule has 0 aromatic heterocycles. The van der Waals surface area contributed by atoms with Crippen LogP contribution < -0.4 is 30.2 Å². The number of carbonyl (C=O) groups is 2. The van der Waals surface area contributed by atoms with Crippen molar-refractivity contribution in [2.45, 2.75) is 44.7 Å². The van der Waals surface area contributed by atoms with E-state index in [4.69, 9.17) is 14.2 Å². The predicted octanol–water partition coefficient (Wildman–Crippen LogP) is 4.06. The van der Waals surface area contributed by atoms with Crippen molar-refractivity contribution in [3.05, 3.63) is 42.5 Å². The number of nitrogens with one attached hydrogen (secondary N) is 3. The molecule has 31 heavy (non-hydrogen) atoms. The summed E-state index contributed by atoms with van der Waals surface area (Å²) in [6.45, 7) is 1.69. The molecule has 1 aliphatic rings. The minimum Gasteiger partial charge on any atom is -0.497 e. The Morgan fingerprint density at radius 3 is 2.26 bits per heavy atom. The number of carbonyl (C=O) groups excluding carboxylic acids is 2. The maximum atomic E-state index is 12.4. The number of anilines is 1. The molecule has 0 heterocycles. The Morgan fingerprint density at radius 1 is 0.935 bits per heavy atom. The lowest BCUT2D eigenvalue weighted by molar-refractivity contribution is -0.120. The Balaban J connectivity index is 1.61. The smallest absolute Gasteiger partial charge is 0.321 e. The van der Waals surface area contributed by atoms with E-state index in [1.165, 1.54) is 0 Å². The highest BCUT2D eigenvalue weighted by atomic mass is 16.5. The lowest BCUT2D eigenvalue weighted by atomic mass is 10.2. The van der Waals surface area contributed by atoms with E-state index in [1.54, 1.807) is 63.6 Å². The number of hydrogen-bond acceptors (Lipinski definition) is 6. The molecule has 0 spiro atoms. The third-order valence-corrected chi connectivity index (χ3v) is 5.15. The Labute approximate surface area is 182 Å². The van der Waals surface area contributed by atoms with E-state index in [9.17, 15) is 9.59 Å². The molecule has 2 aromatic carbocycles. The first-order valence-corrected chi connectivity index (χ1v) is 10.4. The highest BCUT2D eigenvalue weighted by Crippen LogP contribution is 2.34. The summed E-state index contributed by atoms with van der Waals surface area (Å²) in [4.78, 5) is 24.4. The van der Waals surface area contributed by atoms with Gasteiger partial charge in [0.15, 0.2) is 11.5 Å². The van der Waals surface area contributed by atoms with Gasteiger partial charge in [0.05, 0.1) is 14.2 Å². The number of amides is 3. The van der Waals surface area contributed by atoms with Crippen LogP contribution in [0.15, 0.2) is 42.5 Å². The van der Waals surface area contributed by atoms with Crippen LogP contribution in [0.2, 0.25) is 0 Å². The molecule has 3 N–H and O–H groups in total. The second kappa shape index (κ2) is 10.6. The van der Waals surface area contributed by atoms with E-state index < -0.39 is 18.0 Å². The average Bonchev–Trinajstić information content (AvgIpc) is 3.27. The van der Waals surface area contributed by atoms with Gasteiger partial charge in [-0.3, -0.25) is 10.1 Å². The van der Waals surface area contributed by atoms with Crippen molar-refractivity contribution in [3.8, 4) is 23.0 Å².